The molecule has 1 atom stereocenters. The molecule has 1 aliphatic heterocycles. The van der Waals surface area contributed by atoms with Crippen LogP contribution in [0.4, 0.5) is 11.4 Å². The van der Waals surface area contributed by atoms with Gasteiger partial charge in [0.25, 0.3) is 0 Å². The van der Waals surface area contributed by atoms with Crippen molar-refractivity contribution < 1.29 is 4.79 Å². The first-order valence-corrected chi connectivity index (χ1v) is 6.21. The second kappa shape index (κ2) is 5.52. The molecule has 19 heavy (non-hydrogen) atoms. The van der Waals surface area contributed by atoms with E-state index in [1.165, 1.54) is 11.0 Å². The zero-order valence-electron chi connectivity index (χ0n) is 9.75. The number of amides is 1. The summed E-state index contributed by atoms with van der Waals surface area (Å²) in [6, 6.07) is 1.44. The zero-order valence-corrected chi connectivity index (χ0v) is 11.3. The molecule has 1 unspecified atom stereocenters. The average molecular weight is 301 g/mol. The molecule has 2 rings (SSSR count). The van der Waals surface area contributed by atoms with Gasteiger partial charge in [-0.2, -0.15) is 0 Å². The van der Waals surface area contributed by atoms with Crippen molar-refractivity contribution in [2.75, 3.05) is 23.7 Å². The molecule has 2 N–H and O–H groups in total. The molecule has 1 aromatic rings. The third kappa shape index (κ3) is 2.84. The summed E-state index contributed by atoms with van der Waals surface area (Å²) in [7, 11) is 0. The number of hydrogen-bond acceptors (Lipinski definition) is 4. The van der Waals surface area contributed by atoms with Crippen LogP contribution in [0.2, 0.25) is 10.3 Å². The Bertz CT molecular complexity index is 548. The maximum Gasteiger partial charge on any atom is 0.227 e. The van der Waals surface area contributed by atoms with Crippen molar-refractivity contribution in [1.29, 1.82) is 0 Å². The number of hydrogen-bond donors (Lipinski definition) is 1. The van der Waals surface area contributed by atoms with Gasteiger partial charge in [-0.3, -0.25) is 4.79 Å². The van der Waals surface area contributed by atoms with Gasteiger partial charge in [0.1, 0.15) is 10.8 Å². The Balaban J connectivity index is 2.28. The Morgan fingerprint density at radius 2 is 2.37 bits per heavy atom. The number of nitrogens with zero attached hydrogens (tertiary/aromatic N) is 5. The minimum atomic E-state index is -0.129. The largest absolute Gasteiger partial charge is 0.397 e. The van der Waals surface area contributed by atoms with Crippen LogP contribution in [0.3, 0.4) is 0 Å². The van der Waals surface area contributed by atoms with Gasteiger partial charge in [-0.25, -0.2) is 4.98 Å². The fourth-order valence-electron chi connectivity index (χ4n) is 2.03. The summed E-state index contributed by atoms with van der Waals surface area (Å²) in [6.07, 6.45) is 0.289. The van der Waals surface area contributed by atoms with Gasteiger partial charge in [0.05, 0.1) is 5.69 Å². The lowest BCUT2D eigenvalue weighted by molar-refractivity contribution is -0.117. The van der Waals surface area contributed by atoms with Gasteiger partial charge in [0.2, 0.25) is 5.91 Å². The molecular formula is C10H10Cl2N6O. The molecule has 9 heteroatoms. The highest BCUT2D eigenvalue weighted by atomic mass is 35.5. The molecule has 0 aliphatic carbocycles. The Kier molecular flexibility index (Phi) is 3.99. The van der Waals surface area contributed by atoms with E-state index < -0.39 is 0 Å². The van der Waals surface area contributed by atoms with Crippen LogP contribution in [0, 0.1) is 5.92 Å². The van der Waals surface area contributed by atoms with Crippen molar-refractivity contribution in [3.05, 3.63) is 26.8 Å². The van der Waals surface area contributed by atoms with E-state index in [1.807, 2.05) is 0 Å². The Morgan fingerprint density at radius 3 is 3.00 bits per heavy atom. The number of halogens is 2. The number of carbonyl (C=O) groups is 1. The van der Waals surface area contributed by atoms with Gasteiger partial charge in [-0.15, -0.1) is 0 Å². The van der Waals surface area contributed by atoms with E-state index in [1.54, 1.807) is 0 Å². The third-order valence-corrected chi connectivity index (χ3v) is 3.28. The highest BCUT2D eigenvalue weighted by molar-refractivity contribution is 6.35. The summed E-state index contributed by atoms with van der Waals surface area (Å²) >= 11 is 11.7. The molecule has 7 nitrogen and oxygen atoms in total. The van der Waals surface area contributed by atoms with E-state index in [0.717, 1.165) is 0 Å². The number of nitrogen functional groups attached to an aromatic ring is 1. The summed E-state index contributed by atoms with van der Waals surface area (Å²) < 4.78 is 0. The van der Waals surface area contributed by atoms with E-state index in [9.17, 15) is 4.79 Å². The van der Waals surface area contributed by atoms with E-state index >= 15 is 0 Å². The molecule has 1 aromatic heterocycles. The Morgan fingerprint density at radius 1 is 1.63 bits per heavy atom. The third-order valence-electron chi connectivity index (χ3n) is 2.83. The highest BCUT2D eigenvalue weighted by Crippen LogP contribution is 2.36. The molecule has 1 amide bonds. The second-order valence-electron chi connectivity index (χ2n) is 4.16. The van der Waals surface area contributed by atoms with Crippen LogP contribution >= 0.6 is 23.2 Å². The first-order valence-electron chi connectivity index (χ1n) is 5.45. The number of rotatable bonds is 3. The first kappa shape index (κ1) is 13.7. The van der Waals surface area contributed by atoms with E-state index in [-0.39, 0.29) is 35.1 Å². The molecule has 0 bridgehead atoms. The van der Waals surface area contributed by atoms with Crippen molar-refractivity contribution in [2.24, 2.45) is 11.0 Å². The second-order valence-corrected chi connectivity index (χ2v) is 4.91. The minimum Gasteiger partial charge on any atom is -0.397 e. The predicted molar refractivity (Wildman–Crippen MR) is 73.1 cm³/mol. The molecule has 1 saturated heterocycles. The monoisotopic (exact) mass is 300 g/mol. The molecule has 0 spiro atoms. The van der Waals surface area contributed by atoms with Gasteiger partial charge >= 0.3 is 0 Å². The quantitative estimate of drug-likeness (QED) is 0.401. The van der Waals surface area contributed by atoms with Crippen molar-refractivity contribution in [3.63, 3.8) is 0 Å². The molecule has 0 saturated carbocycles. The topological polar surface area (TPSA) is 108 Å². The van der Waals surface area contributed by atoms with E-state index in [0.29, 0.717) is 17.9 Å². The van der Waals surface area contributed by atoms with Crippen molar-refractivity contribution >= 4 is 40.5 Å². The lowest BCUT2D eigenvalue weighted by Gasteiger charge is -2.19. The molecule has 0 radical (unpaired) electrons. The van der Waals surface area contributed by atoms with E-state index in [2.05, 4.69) is 15.0 Å². The van der Waals surface area contributed by atoms with Gasteiger partial charge in [-0.1, -0.05) is 28.3 Å². The molecule has 100 valence electrons. The molecule has 2 heterocycles. The fraction of sp³-hybridized carbons (Fsp3) is 0.400. The Hall–Kier alpha value is -1.69. The highest BCUT2D eigenvalue weighted by Gasteiger charge is 2.32. The van der Waals surface area contributed by atoms with Crippen LogP contribution in [0.5, 0.6) is 0 Å². The minimum absolute atomic E-state index is 0.0467. The number of aromatic nitrogens is 1. The number of azide groups is 1. The maximum absolute atomic E-state index is 12.0. The van der Waals surface area contributed by atoms with Gasteiger partial charge in [0.15, 0.2) is 5.15 Å². The van der Waals surface area contributed by atoms with Crippen LogP contribution in [-0.4, -0.2) is 24.0 Å². The zero-order chi connectivity index (χ0) is 14.0. The summed E-state index contributed by atoms with van der Waals surface area (Å²) in [5.74, 6) is -0.176. The number of carbonyl (C=O) groups excluding carboxylic acids is 1. The van der Waals surface area contributed by atoms with Crippen LogP contribution in [-0.2, 0) is 4.79 Å². The standard InChI is InChI=1S/C10H10Cl2N6O/c11-7-2-6(13)9(10(12)16-7)18-4-5(1-8(18)19)3-15-17-14/h2,5H,1,3-4H2,(H2,13,16). The van der Waals surface area contributed by atoms with Crippen LogP contribution < -0.4 is 10.6 Å². The predicted octanol–water partition coefficient (Wildman–Crippen LogP) is 2.63. The first-order chi connectivity index (χ1) is 9.02. The smallest absolute Gasteiger partial charge is 0.227 e. The summed E-state index contributed by atoms with van der Waals surface area (Å²) in [4.78, 5) is 20.0. The molecule has 1 aliphatic rings. The van der Waals surface area contributed by atoms with Crippen molar-refractivity contribution in [2.45, 2.75) is 6.42 Å². The molecular weight excluding hydrogens is 291 g/mol. The summed E-state index contributed by atoms with van der Waals surface area (Å²) in [5, 5.41) is 3.73. The summed E-state index contributed by atoms with van der Waals surface area (Å²) in [5.41, 5.74) is 14.8. The summed E-state index contributed by atoms with van der Waals surface area (Å²) in [6.45, 7) is 0.655. The van der Waals surface area contributed by atoms with Crippen LogP contribution in [0.1, 0.15) is 6.42 Å². The van der Waals surface area contributed by atoms with Crippen molar-refractivity contribution in [3.8, 4) is 0 Å². The van der Waals surface area contributed by atoms with Gasteiger partial charge in [0, 0.05) is 30.5 Å². The van der Waals surface area contributed by atoms with Crippen molar-refractivity contribution in [1.82, 2.24) is 4.98 Å². The lowest BCUT2D eigenvalue weighted by atomic mass is 10.1. The number of nitrogens with two attached hydrogens (primary N) is 1. The van der Waals surface area contributed by atoms with Gasteiger partial charge < -0.3 is 10.6 Å². The maximum atomic E-state index is 12.0. The normalized spacial score (nSPS) is 18.5. The lowest BCUT2D eigenvalue weighted by Crippen LogP contribution is -2.26. The van der Waals surface area contributed by atoms with Crippen LogP contribution in [0.25, 0.3) is 10.4 Å². The number of anilines is 2. The average Bonchev–Trinajstić information content (AvgIpc) is 2.67. The van der Waals surface area contributed by atoms with Gasteiger partial charge in [-0.05, 0) is 11.4 Å². The molecule has 0 aromatic carbocycles. The number of pyridine rings is 1. The Labute approximate surface area is 118 Å². The SMILES string of the molecule is [N-]=[N+]=NCC1CC(=O)N(c2c(N)cc(Cl)nc2Cl)C1. The van der Waals surface area contributed by atoms with Crippen LogP contribution in [0.15, 0.2) is 11.2 Å². The molecule has 1 fully saturated rings. The van der Waals surface area contributed by atoms with E-state index in [4.69, 9.17) is 34.5 Å². The fourth-order valence-corrected chi connectivity index (χ4v) is 2.58.